The first-order chi connectivity index (χ1) is 11.4. The van der Waals surface area contributed by atoms with E-state index < -0.39 is 18.1 Å². The number of alkyl halides is 3. The summed E-state index contributed by atoms with van der Waals surface area (Å²) in [5.74, 6) is -1.16. The summed E-state index contributed by atoms with van der Waals surface area (Å²) in [4.78, 5) is 3.75. The van der Waals surface area contributed by atoms with Crippen LogP contribution in [0.25, 0.3) is 11.3 Å². The average molecular weight is 338 g/mol. The van der Waals surface area contributed by atoms with E-state index in [1.165, 1.54) is 30.3 Å². The Balaban J connectivity index is 2.22. The van der Waals surface area contributed by atoms with Crippen molar-refractivity contribution in [3.63, 3.8) is 0 Å². The Kier molecular flexibility index (Phi) is 5.74. The zero-order valence-corrected chi connectivity index (χ0v) is 12.6. The molecule has 0 unspecified atom stereocenters. The first-order valence-electron chi connectivity index (χ1n) is 7.28. The van der Waals surface area contributed by atoms with Crippen molar-refractivity contribution in [2.24, 2.45) is 0 Å². The third kappa shape index (κ3) is 4.95. The molecule has 0 aliphatic heterocycles. The fourth-order valence-corrected chi connectivity index (χ4v) is 2.21. The second-order valence-electron chi connectivity index (χ2n) is 5.06. The first kappa shape index (κ1) is 17.7. The molecule has 0 amide bonds. The smallest absolute Gasteiger partial charge is 0.405 e. The van der Waals surface area contributed by atoms with Crippen molar-refractivity contribution in [3.05, 3.63) is 47.9 Å². The van der Waals surface area contributed by atoms with Crippen LogP contribution < -0.4 is 4.74 Å². The Bertz CT molecular complexity index is 738. The van der Waals surface area contributed by atoms with Crippen molar-refractivity contribution in [1.29, 1.82) is 5.26 Å². The fraction of sp³-hybridized carbons (Fsp3) is 0.294. The van der Waals surface area contributed by atoms with Gasteiger partial charge < -0.3 is 4.74 Å². The molecule has 2 aromatic rings. The van der Waals surface area contributed by atoms with E-state index in [-0.39, 0.29) is 11.3 Å². The lowest BCUT2D eigenvalue weighted by molar-refractivity contribution is -0.274. The van der Waals surface area contributed by atoms with Crippen LogP contribution in [0.4, 0.5) is 17.6 Å². The molecule has 3 nitrogen and oxygen atoms in total. The van der Waals surface area contributed by atoms with Crippen LogP contribution in [0.2, 0.25) is 0 Å². The number of nitriles is 1. The number of unbranched alkanes of at least 4 members (excludes halogenated alkanes) is 2. The van der Waals surface area contributed by atoms with Crippen molar-refractivity contribution in [3.8, 4) is 23.1 Å². The highest BCUT2D eigenvalue weighted by Gasteiger charge is 2.32. The van der Waals surface area contributed by atoms with E-state index in [1.807, 2.05) is 6.07 Å². The van der Waals surface area contributed by atoms with E-state index in [9.17, 15) is 17.6 Å². The number of halogens is 4. The third-order valence-electron chi connectivity index (χ3n) is 3.30. The number of aromatic nitrogens is 1. The first-order valence-corrected chi connectivity index (χ1v) is 7.28. The molecule has 1 aromatic heterocycles. The van der Waals surface area contributed by atoms with Gasteiger partial charge in [-0.05, 0) is 37.5 Å². The number of nitrogens with zero attached hydrogens (tertiary/aromatic N) is 2. The predicted molar refractivity (Wildman–Crippen MR) is 79.5 cm³/mol. The van der Waals surface area contributed by atoms with E-state index >= 15 is 0 Å². The predicted octanol–water partition coefficient (Wildman–Crippen LogP) is 5.02. The monoisotopic (exact) mass is 338 g/mol. The summed E-state index contributed by atoms with van der Waals surface area (Å²) < 4.78 is 55.4. The highest BCUT2D eigenvalue weighted by atomic mass is 19.4. The fourth-order valence-electron chi connectivity index (χ4n) is 2.21. The minimum absolute atomic E-state index is 0.0600. The lowest BCUT2D eigenvalue weighted by Gasteiger charge is -2.13. The van der Waals surface area contributed by atoms with Crippen molar-refractivity contribution >= 4 is 0 Å². The highest BCUT2D eigenvalue weighted by Crippen LogP contribution is 2.33. The van der Waals surface area contributed by atoms with Crippen molar-refractivity contribution in [2.75, 3.05) is 0 Å². The standard InChI is InChI=1S/C17H14F4N2O/c18-16-12(6-2-1-5-11-22)9-10-14(23-16)13-7-3-4-8-15(13)24-17(19,20)21/h3-4,7-10H,1-2,5-6H2. The number of hydrogen-bond acceptors (Lipinski definition) is 3. The number of rotatable bonds is 6. The summed E-state index contributed by atoms with van der Waals surface area (Å²) in [5, 5.41) is 8.46. The molecule has 0 aliphatic carbocycles. The van der Waals surface area contributed by atoms with Gasteiger partial charge in [0.15, 0.2) is 0 Å². The zero-order chi connectivity index (χ0) is 17.6. The maximum absolute atomic E-state index is 14.1. The molecule has 1 aromatic carbocycles. The van der Waals surface area contributed by atoms with Crippen molar-refractivity contribution in [2.45, 2.75) is 32.0 Å². The molecule has 7 heteroatoms. The lowest BCUT2D eigenvalue weighted by atomic mass is 10.1. The maximum Gasteiger partial charge on any atom is 0.573 e. The van der Waals surface area contributed by atoms with Gasteiger partial charge in [0.2, 0.25) is 5.95 Å². The number of aryl methyl sites for hydroxylation is 1. The van der Waals surface area contributed by atoms with Gasteiger partial charge in [-0.3, -0.25) is 0 Å². The van der Waals surface area contributed by atoms with Crippen molar-refractivity contribution in [1.82, 2.24) is 4.98 Å². The Morgan fingerprint density at radius 2 is 1.83 bits per heavy atom. The molecule has 24 heavy (non-hydrogen) atoms. The Labute approximate surface area is 136 Å². The molecule has 0 radical (unpaired) electrons. The summed E-state index contributed by atoms with van der Waals surface area (Å²) in [6.07, 6.45) is -2.73. The third-order valence-corrected chi connectivity index (χ3v) is 3.30. The number of hydrogen-bond donors (Lipinski definition) is 0. The van der Waals surface area contributed by atoms with Gasteiger partial charge in [0.1, 0.15) is 5.75 Å². The van der Waals surface area contributed by atoms with Gasteiger partial charge in [0.05, 0.1) is 11.8 Å². The van der Waals surface area contributed by atoms with Crippen LogP contribution in [0.5, 0.6) is 5.75 Å². The largest absolute Gasteiger partial charge is 0.573 e. The van der Waals surface area contributed by atoms with Gasteiger partial charge in [0, 0.05) is 17.5 Å². The van der Waals surface area contributed by atoms with E-state index in [0.717, 1.165) is 6.07 Å². The zero-order valence-electron chi connectivity index (χ0n) is 12.6. The topological polar surface area (TPSA) is 45.9 Å². The van der Waals surface area contributed by atoms with Crippen LogP contribution in [0.15, 0.2) is 36.4 Å². The second-order valence-corrected chi connectivity index (χ2v) is 5.06. The van der Waals surface area contributed by atoms with Crippen LogP contribution in [-0.2, 0) is 6.42 Å². The van der Waals surface area contributed by atoms with E-state index in [0.29, 0.717) is 31.2 Å². The van der Waals surface area contributed by atoms with Crippen LogP contribution in [0, 0.1) is 17.3 Å². The molecule has 2 rings (SSSR count). The van der Waals surface area contributed by atoms with Gasteiger partial charge >= 0.3 is 6.36 Å². The quantitative estimate of drug-likeness (QED) is 0.422. The summed E-state index contributed by atoms with van der Waals surface area (Å²) in [7, 11) is 0. The SMILES string of the molecule is N#CCCCCc1ccc(-c2ccccc2OC(F)(F)F)nc1F. The summed E-state index contributed by atoms with van der Waals surface area (Å²) in [5.41, 5.74) is 0.490. The highest BCUT2D eigenvalue weighted by molar-refractivity contribution is 5.67. The van der Waals surface area contributed by atoms with Gasteiger partial charge in [-0.15, -0.1) is 13.2 Å². The van der Waals surface area contributed by atoms with Crippen LogP contribution >= 0.6 is 0 Å². The minimum atomic E-state index is -4.84. The molecule has 0 bridgehead atoms. The van der Waals surface area contributed by atoms with E-state index in [2.05, 4.69) is 9.72 Å². The molecule has 0 spiro atoms. The van der Waals surface area contributed by atoms with Gasteiger partial charge in [-0.25, -0.2) is 4.98 Å². The molecule has 0 fully saturated rings. The number of ether oxygens (including phenoxy) is 1. The van der Waals surface area contributed by atoms with E-state index in [1.54, 1.807) is 0 Å². The summed E-state index contributed by atoms with van der Waals surface area (Å²) in [6, 6.07) is 10.4. The number of benzene rings is 1. The molecule has 0 atom stereocenters. The molecule has 0 saturated carbocycles. The molecule has 0 saturated heterocycles. The minimum Gasteiger partial charge on any atom is -0.405 e. The average Bonchev–Trinajstić information content (AvgIpc) is 2.52. The molecule has 0 aliphatic rings. The Hall–Kier alpha value is -2.62. The number of para-hydroxylation sites is 1. The summed E-state index contributed by atoms with van der Waals surface area (Å²) >= 11 is 0. The number of pyridine rings is 1. The van der Waals surface area contributed by atoms with Crippen molar-refractivity contribution < 1.29 is 22.3 Å². The van der Waals surface area contributed by atoms with Gasteiger partial charge in [-0.2, -0.15) is 9.65 Å². The maximum atomic E-state index is 14.1. The molecule has 1 heterocycles. The normalized spacial score (nSPS) is 11.1. The van der Waals surface area contributed by atoms with Gasteiger partial charge in [-0.1, -0.05) is 18.2 Å². The summed E-state index contributed by atoms with van der Waals surface area (Å²) in [6.45, 7) is 0. The van der Waals surface area contributed by atoms with Gasteiger partial charge in [0.25, 0.3) is 0 Å². The van der Waals surface area contributed by atoms with Crippen LogP contribution in [0.1, 0.15) is 24.8 Å². The molecular formula is C17H14F4N2O. The lowest BCUT2D eigenvalue weighted by Crippen LogP contribution is -2.17. The van der Waals surface area contributed by atoms with Crippen LogP contribution in [0.3, 0.4) is 0 Å². The van der Waals surface area contributed by atoms with Crippen LogP contribution in [-0.4, -0.2) is 11.3 Å². The molecular weight excluding hydrogens is 324 g/mol. The molecule has 126 valence electrons. The van der Waals surface area contributed by atoms with E-state index in [4.69, 9.17) is 5.26 Å². The molecule has 0 N–H and O–H groups in total. The Morgan fingerprint density at radius 3 is 2.50 bits per heavy atom. The Morgan fingerprint density at radius 1 is 1.08 bits per heavy atom. The second kappa shape index (κ2) is 7.77.